The number of guanidine groups is 1. The van der Waals surface area contributed by atoms with Gasteiger partial charge in [0.05, 0.1) is 0 Å². The fraction of sp³-hybridized carbons (Fsp3) is 0.615. The zero-order valence-electron chi connectivity index (χ0n) is 11.6. The van der Waals surface area contributed by atoms with Gasteiger partial charge in [0.15, 0.2) is 18.2 Å². The van der Waals surface area contributed by atoms with Gasteiger partial charge in [-0.25, -0.2) is 9.79 Å². The van der Waals surface area contributed by atoms with Gasteiger partial charge in [-0.1, -0.05) is 6.08 Å². The van der Waals surface area contributed by atoms with Gasteiger partial charge in [0, 0.05) is 26.7 Å². The van der Waals surface area contributed by atoms with Crippen molar-refractivity contribution in [2.45, 2.75) is 25.0 Å². The number of aliphatic imine (C=N–C) groups is 1. The molecule has 3 amide bonds. The first-order valence-corrected chi connectivity index (χ1v) is 6.91. The number of fused-ring (bicyclic) bond motifs is 1. The van der Waals surface area contributed by atoms with E-state index in [1.165, 1.54) is 4.90 Å². The molecule has 3 aliphatic rings. The summed E-state index contributed by atoms with van der Waals surface area (Å²) in [5.41, 5.74) is 0. The van der Waals surface area contributed by atoms with E-state index < -0.39 is 12.2 Å². The highest BCUT2D eigenvalue weighted by Crippen LogP contribution is 2.26. The van der Waals surface area contributed by atoms with Crippen molar-refractivity contribution in [2.24, 2.45) is 4.99 Å². The fourth-order valence-corrected chi connectivity index (χ4v) is 3.03. The Morgan fingerprint density at radius 2 is 2.10 bits per heavy atom. The Balaban J connectivity index is 1.94. The van der Waals surface area contributed by atoms with Gasteiger partial charge in [0.25, 0.3) is 5.91 Å². The average molecular weight is 277 g/mol. The lowest BCUT2D eigenvalue weighted by Crippen LogP contribution is -2.64. The van der Waals surface area contributed by atoms with E-state index in [2.05, 4.69) is 21.8 Å². The summed E-state index contributed by atoms with van der Waals surface area (Å²) >= 11 is 0. The third kappa shape index (κ3) is 1.85. The zero-order valence-corrected chi connectivity index (χ0v) is 11.6. The number of urea groups is 1. The minimum absolute atomic E-state index is 0.280. The van der Waals surface area contributed by atoms with Crippen LogP contribution in [-0.2, 0) is 4.79 Å². The van der Waals surface area contributed by atoms with Gasteiger partial charge in [-0.15, -0.1) is 6.58 Å². The summed E-state index contributed by atoms with van der Waals surface area (Å²) in [5.74, 6) is 0.534. The van der Waals surface area contributed by atoms with Gasteiger partial charge in [0.2, 0.25) is 0 Å². The molecule has 1 N–H and O–H groups in total. The molecule has 0 bridgehead atoms. The third-order valence-electron chi connectivity index (χ3n) is 4.05. The van der Waals surface area contributed by atoms with Crippen LogP contribution in [0.15, 0.2) is 17.6 Å². The van der Waals surface area contributed by atoms with Gasteiger partial charge < -0.3 is 14.7 Å². The van der Waals surface area contributed by atoms with E-state index in [0.29, 0.717) is 6.54 Å². The van der Waals surface area contributed by atoms with Crippen molar-refractivity contribution in [2.75, 3.05) is 26.7 Å². The molecule has 108 valence electrons. The van der Waals surface area contributed by atoms with Crippen LogP contribution in [0.5, 0.6) is 0 Å². The quantitative estimate of drug-likeness (QED) is 0.711. The van der Waals surface area contributed by atoms with E-state index in [1.54, 1.807) is 13.1 Å². The number of hydrogen-bond acceptors (Lipinski definition) is 5. The third-order valence-corrected chi connectivity index (χ3v) is 4.05. The minimum Gasteiger partial charge on any atom is -0.343 e. The number of likely N-dealkylation sites (N-methyl/N-ethyl adjacent to an activating group) is 1. The normalized spacial score (nSPS) is 29.4. The van der Waals surface area contributed by atoms with Crippen LogP contribution in [0.2, 0.25) is 0 Å². The van der Waals surface area contributed by atoms with Gasteiger partial charge in [-0.3, -0.25) is 10.1 Å². The molecule has 7 nitrogen and oxygen atoms in total. The van der Waals surface area contributed by atoms with E-state index >= 15 is 0 Å². The van der Waals surface area contributed by atoms with Crippen molar-refractivity contribution < 1.29 is 9.59 Å². The predicted octanol–water partition coefficient (Wildman–Crippen LogP) is -0.184. The van der Waals surface area contributed by atoms with Crippen molar-refractivity contribution in [3.8, 4) is 0 Å². The topological polar surface area (TPSA) is 68.2 Å². The maximum absolute atomic E-state index is 12.2. The summed E-state index contributed by atoms with van der Waals surface area (Å²) in [7, 11) is 1.67. The Hall–Kier alpha value is -2.05. The van der Waals surface area contributed by atoms with Crippen molar-refractivity contribution in [3.63, 3.8) is 0 Å². The van der Waals surface area contributed by atoms with Crippen LogP contribution in [0.3, 0.4) is 0 Å². The number of likely N-dealkylation sites (tertiary alicyclic amines) is 1. The minimum atomic E-state index is -0.453. The second-order valence-electron chi connectivity index (χ2n) is 5.33. The SMILES string of the molecule is C=CCN1C(N2CCCC2)=NC2C1C(=O)NC(=O)N2C. The Labute approximate surface area is 117 Å². The highest BCUT2D eigenvalue weighted by Gasteiger charge is 2.49. The summed E-state index contributed by atoms with van der Waals surface area (Å²) in [6.45, 7) is 6.20. The molecule has 3 rings (SSSR count). The molecule has 20 heavy (non-hydrogen) atoms. The monoisotopic (exact) mass is 277 g/mol. The van der Waals surface area contributed by atoms with E-state index in [1.807, 2.05) is 4.90 Å². The van der Waals surface area contributed by atoms with Crippen molar-refractivity contribution in [1.82, 2.24) is 20.0 Å². The number of nitrogens with one attached hydrogen (secondary N) is 1. The Morgan fingerprint density at radius 1 is 1.40 bits per heavy atom. The van der Waals surface area contributed by atoms with E-state index in [0.717, 1.165) is 31.9 Å². The Kier molecular flexibility index (Phi) is 3.11. The molecule has 3 heterocycles. The van der Waals surface area contributed by atoms with Crippen LogP contribution in [0.1, 0.15) is 12.8 Å². The van der Waals surface area contributed by atoms with Crippen LogP contribution in [0.4, 0.5) is 4.79 Å². The zero-order chi connectivity index (χ0) is 14.3. The maximum Gasteiger partial charge on any atom is 0.325 e. The van der Waals surface area contributed by atoms with E-state index in [9.17, 15) is 9.59 Å². The summed E-state index contributed by atoms with van der Waals surface area (Å²) in [5, 5.41) is 2.38. The number of nitrogens with zero attached hydrogens (tertiary/aromatic N) is 4. The van der Waals surface area contributed by atoms with Crippen LogP contribution in [-0.4, -0.2) is 71.5 Å². The molecule has 0 aromatic rings. The number of imide groups is 1. The van der Waals surface area contributed by atoms with E-state index in [-0.39, 0.29) is 11.9 Å². The molecule has 2 atom stereocenters. The fourth-order valence-electron chi connectivity index (χ4n) is 3.03. The Morgan fingerprint density at radius 3 is 2.75 bits per heavy atom. The lowest BCUT2D eigenvalue weighted by Gasteiger charge is -2.36. The van der Waals surface area contributed by atoms with Gasteiger partial charge >= 0.3 is 6.03 Å². The summed E-state index contributed by atoms with van der Waals surface area (Å²) < 4.78 is 0. The first kappa shape index (κ1) is 13.0. The first-order chi connectivity index (χ1) is 9.63. The molecule has 0 spiro atoms. The molecule has 0 radical (unpaired) electrons. The molecule has 0 aromatic heterocycles. The van der Waals surface area contributed by atoms with Gasteiger partial charge in [-0.2, -0.15) is 0 Å². The van der Waals surface area contributed by atoms with Crippen molar-refractivity contribution in [1.29, 1.82) is 0 Å². The molecular formula is C13H19N5O2. The second-order valence-corrected chi connectivity index (χ2v) is 5.33. The maximum atomic E-state index is 12.2. The molecule has 0 aromatic carbocycles. The van der Waals surface area contributed by atoms with Gasteiger partial charge in [0.1, 0.15) is 0 Å². The summed E-state index contributed by atoms with van der Waals surface area (Å²) in [6.07, 6.45) is 3.60. The molecule has 2 saturated heterocycles. The molecular weight excluding hydrogens is 258 g/mol. The number of rotatable bonds is 2. The molecule has 0 aliphatic carbocycles. The second kappa shape index (κ2) is 4.81. The largest absolute Gasteiger partial charge is 0.343 e. The highest BCUT2D eigenvalue weighted by molar-refractivity contribution is 6.03. The average Bonchev–Trinajstić information content (AvgIpc) is 3.03. The summed E-state index contributed by atoms with van der Waals surface area (Å²) in [6, 6.07) is -0.840. The van der Waals surface area contributed by atoms with Crippen molar-refractivity contribution >= 4 is 17.9 Å². The first-order valence-electron chi connectivity index (χ1n) is 6.91. The smallest absolute Gasteiger partial charge is 0.325 e. The lowest BCUT2D eigenvalue weighted by atomic mass is 10.1. The van der Waals surface area contributed by atoms with Crippen LogP contribution >= 0.6 is 0 Å². The number of carbonyl (C=O) groups is 2. The number of hydrogen-bond donors (Lipinski definition) is 1. The standard InChI is InChI=1S/C13H19N5O2/c1-3-6-18-9-10(16(2)13(20)15-11(9)19)14-12(18)17-7-4-5-8-17/h3,9-10H,1,4-8H2,2H3,(H,15,19,20). The highest BCUT2D eigenvalue weighted by atomic mass is 16.2. The summed E-state index contributed by atoms with van der Waals surface area (Å²) in [4.78, 5) is 34.1. The molecule has 2 unspecified atom stereocenters. The molecule has 2 fully saturated rings. The van der Waals surface area contributed by atoms with Crippen LogP contribution in [0, 0.1) is 0 Å². The van der Waals surface area contributed by atoms with E-state index in [4.69, 9.17) is 0 Å². The van der Waals surface area contributed by atoms with Crippen LogP contribution < -0.4 is 5.32 Å². The van der Waals surface area contributed by atoms with Crippen molar-refractivity contribution in [3.05, 3.63) is 12.7 Å². The molecule has 7 heteroatoms. The molecule has 3 aliphatic heterocycles. The number of carbonyl (C=O) groups excluding carboxylic acids is 2. The predicted molar refractivity (Wildman–Crippen MR) is 74.0 cm³/mol. The van der Waals surface area contributed by atoms with Gasteiger partial charge in [-0.05, 0) is 12.8 Å². The number of amides is 3. The Bertz CT molecular complexity index is 483. The van der Waals surface area contributed by atoms with Crippen LogP contribution in [0.25, 0.3) is 0 Å². The molecule has 0 saturated carbocycles. The lowest BCUT2D eigenvalue weighted by molar-refractivity contribution is -0.127.